The molecule has 0 saturated carbocycles. The highest BCUT2D eigenvalue weighted by atomic mass is 79.9. The minimum absolute atomic E-state index is 0.316. The van der Waals surface area contributed by atoms with Gasteiger partial charge in [-0.15, -0.1) is 6.58 Å². The average Bonchev–Trinajstić information content (AvgIpc) is 2.17. The van der Waals surface area contributed by atoms with Crippen LogP contribution in [0.1, 0.15) is 25.5 Å². The first kappa shape index (κ1) is 11.5. The summed E-state index contributed by atoms with van der Waals surface area (Å²) in [7, 11) is 0. The van der Waals surface area contributed by atoms with Crippen molar-refractivity contribution >= 4 is 15.9 Å². The molecule has 0 aromatic heterocycles. The number of aliphatic hydroxyl groups excluding tert-OH is 1. The van der Waals surface area contributed by atoms with E-state index >= 15 is 0 Å². The van der Waals surface area contributed by atoms with Gasteiger partial charge < -0.3 is 5.11 Å². The monoisotopic (exact) mass is 254 g/mol. The smallest absolute Gasteiger partial charge is 0.0886 e. The molecular weight excluding hydrogens is 240 g/mol. The number of aliphatic hydroxyl groups is 1. The summed E-state index contributed by atoms with van der Waals surface area (Å²) in [5.74, 6) is 0. The highest BCUT2D eigenvalue weighted by Gasteiger charge is 2.26. The minimum Gasteiger partial charge on any atom is -0.387 e. The Bertz CT molecular complexity index is 331. The van der Waals surface area contributed by atoms with Crippen LogP contribution in [0.2, 0.25) is 0 Å². The Kier molecular flexibility index (Phi) is 3.51. The minimum atomic E-state index is -0.532. The molecule has 14 heavy (non-hydrogen) atoms. The Balaban J connectivity index is 3.06. The first-order valence-electron chi connectivity index (χ1n) is 4.55. The summed E-state index contributed by atoms with van der Waals surface area (Å²) in [6, 6.07) is 7.70. The summed E-state index contributed by atoms with van der Waals surface area (Å²) in [4.78, 5) is 0. The molecule has 0 amide bonds. The molecule has 76 valence electrons. The summed E-state index contributed by atoms with van der Waals surface area (Å²) >= 11 is 3.42. The average molecular weight is 255 g/mol. The van der Waals surface area contributed by atoms with Gasteiger partial charge in [-0.25, -0.2) is 0 Å². The Morgan fingerprint density at radius 2 is 2.00 bits per heavy atom. The standard InChI is InChI=1S/C12H15BrO/c1-4-12(2,3)11(14)9-7-5-6-8-10(9)13/h4-8,11,14H,1H2,2-3H3. The van der Waals surface area contributed by atoms with Crippen LogP contribution in [0.4, 0.5) is 0 Å². The van der Waals surface area contributed by atoms with Crippen LogP contribution in [0, 0.1) is 5.41 Å². The second-order valence-electron chi connectivity index (χ2n) is 3.95. The third-order valence-corrected chi connectivity index (χ3v) is 3.15. The van der Waals surface area contributed by atoms with Gasteiger partial charge >= 0.3 is 0 Å². The quantitative estimate of drug-likeness (QED) is 0.816. The van der Waals surface area contributed by atoms with Gasteiger partial charge in [0, 0.05) is 9.89 Å². The van der Waals surface area contributed by atoms with Crippen molar-refractivity contribution in [2.75, 3.05) is 0 Å². The fraction of sp³-hybridized carbons (Fsp3) is 0.333. The molecule has 1 aromatic rings. The maximum absolute atomic E-state index is 10.1. The van der Waals surface area contributed by atoms with Gasteiger partial charge in [0.15, 0.2) is 0 Å². The normalized spacial score (nSPS) is 13.7. The fourth-order valence-electron chi connectivity index (χ4n) is 1.21. The molecule has 0 aliphatic heterocycles. The molecule has 1 N–H and O–H groups in total. The highest BCUT2D eigenvalue weighted by Crippen LogP contribution is 2.37. The predicted molar refractivity (Wildman–Crippen MR) is 63.1 cm³/mol. The first-order valence-corrected chi connectivity index (χ1v) is 5.34. The van der Waals surface area contributed by atoms with Crippen molar-refractivity contribution in [2.24, 2.45) is 5.41 Å². The first-order chi connectivity index (χ1) is 6.49. The van der Waals surface area contributed by atoms with Crippen LogP contribution in [-0.4, -0.2) is 5.11 Å². The van der Waals surface area contributed by atoms with Gasteiger partial charge in [-0.2, -0.15) is 0 Å². The molecule has 0 spiro atoms. The van der Waals surface area contributed by atoms with Gasteiger partial charge in [0.25, 0.3) is 0 Å². The van der Waals surface area contributed by atoms with Gasteiger partial charge in [0.05, 0.1) is 6.10 Å². The van der Waals surface area contributed by atoms with Crippen LogP contribution in [0.25, 0.3) is 0 Å². The largest absolute Gasteiger partial charge is 0.387 e. The van der Waals surface area contributed by atoms with Crippen LogP contribution in [-0.2, 0) is 0 Å². The SMILES string of the molecule is C=CC(C)(C)C(O)c1ccccc1Br. The van der Waals surface area contributed by atoms with Crippen LogP contribution in [0.3, 0.4) is 0 Å². The number of halogens is 1. The van der Waals surface area contributed by atoms with Crippen LogP contribution in [0.15, 0.2) is 41.4 Å². The van der Waals surface area contributed by atoms with E-state index in [1.54, 1.807) is 6.08 Å². The molecule has 0 bridgehead atoms. The molecule has 0 aliphatic rings. The number of rotatable bonds is 3. The van der Waals surface area contributed by atoms with E-state index in [0.29, 0.717) is 0 Å². The highest BCUT2D eigenvalue weighted by molar-refractivity contribution is 9.10. The molecule has 1 atom stereocenters. The van der Waals surface area contributed by atoms with Crippen LogP contribution in [0.5, 0.6) is 0 Å². The van der Waals surface area contributed by atoms with Crippen molar-refractivity contribution in [1.82, 2.24) is 0 Å². The topological polar surface area (TPSA) is 20.2 Å². The molecular formula is C12H15BrO. The van der Waals surface area contributed by atoms with Gasteiger partial charge in [-0.3, -0.25) is 0 Å². The summed E-state index contributed by atoms with van der Waals surface area (Å²) in [5, 5.41) is 10.1. The van der Waals surface area contributed by atoms with Gasteiger partial charge in [0.1, 0.15) is 0 Å². The van der Waals surface area contributed by atoms with E-state index in [1.807, 2.05) is 38.1 Å². The van der Waals surface area contributed by atoms with Gasteiger partial charge in [-0.05, 0) is 11.6 Å². The zero-order valence-corrected chi connectivity index (χ0v) is 10.1. The Morgan fingerprint density at radius 3 is 2.50 bits per heavy atom. The summed E-state index contributed by atoms with van der Waals surface area (Å²) in [6.45, 7) is 7.66. The third-order valence-electron chi connectivity index (χ3n) is 2.43. The Labute approximate surface area is 93.6 Å². The number of hydrogen-bond donors (Lipinski definition) is 1. The van der Waals surface area contributed by atoms with Gasteiger partial charge in [-0.1, -0.05) is 54.1 Å². The van der Waals surface area contributed by atoms with E-state index in [2.05, 4.69) is 22.5 Å². The van der Waals surface area contributed by atoms with Crippen molar-refractivity contribution in [2.45, 2.75) is 20.0 Å². The molecule has 0 fully saturated rings. The second kappa shape index (κ2) is 4.28. The lowest BCUT2D eigenvalue weighted by molar-refractivity contribution is 0.0816. The van der Waals surface area contributed by atoms with E-state index in [9.17, 15) is 5.11 Å². The van der Waals surface area contributed by atoms with Crippen molar-refractivity contribution in [3.05, 3.63) is 47.0 Å². The van der Waals surface area contributed by atoms with E-state index < -0.39 is 6.10 Å². The Morgan fingerprint density at radius 1 is 1.43 bits per heavy atom. The molecule has 2 heteroatoms. The lowest BCUT2D eigenvalue weighted by Gasteiger charge is -2.27. The molecule has 0 radical (unpaired) electrons. The molecule has 1 rings (SSSR count). The third kappa shape index (κ3) is 2.25. The van der Waals surface area contributed by atoms with Crippen molar-refractivity contribution < 1.29 is 5.11 Å². The molecule has 1 unspecified atom stereocenters. The zero-order chi connectivity index (χ0) is 10.8. The van der Waals surface area contributed by atoms with Gasteiger partial charge in [0.2, 0.25) is 0 Å². The maximum Gasteiger partial charge on any atom is 0.0886 e. The molecule has 0 heterocycles. The maximum atomic E-state index is 10.1. The Hall–Kier alpha value is -0.600. The lowest BCUT2D eigenvalue weighted by Crippen LogP contribution is -2.19. The molecule has 0 aliphatic carbocycles. The lowest BCUT2D eigenvalue weighted by atomic mass is 9.83. The zero-order valence-electron chi connectivity index (χ0n) is 8.50. The number of benzene rings is 1. The second-order valence-corrected chi connectivity index (χ2v) is 4.80. The summed E-state index contributed by atoms with van der Waals surface area (Å²) in [5.41, 5.74) is 0.585. The van der Waals surface area contributed by atoms with Crippen LogP contribution >= 0.6 is 15.9 Å². The van der Waals surface area contributed by atoms with Crippen LogP contribution < -0.4 is 0 Å². The van der Waals surface area contributed by atoms with E-state index in [1.165, 1.54) is 0 Å². The molecule has 1 aromatic carbocycles. The van der Waals surface area contributed by atoms with E-state index in [4.69, 9.17) is 0 Å². The van der Waals surface area contributed by atoms with E-state index in [0.717, 1.165) is 10.0 Å². The fourth-order valence-corrected chi connectivity index (χ4v) is 1.71. The van der Waals surface area contributed by atoms with Crippen molar-refractivity contribution in [3.8, 4) is 0 Å². The summed E-state index contributed by atoms with van der Waals surface area (Å²) in [6.07, 6.45) is 1.24. The predicted octanol–water partition coefficient (Wildman–Crippen LogP) is 3.69. The van der Waals surface area contributed by atoms with Crippen molar-refractivity contribution in [3.63, 3.8) is 0 Å². The molecule has 1 nitrogen and oxygen atoms in total. The van der Waals surface area contributed by atoms with E-state index in [-0.39, 0.29) is 5.41 Å². The number of hydrogen-bond acceptors (Lipinski definition) is 1. The summed E-state index contributed by atoms with van der Waals surface area (Å²) < 4.78 is 0.933. The molecule has 0 saturated heterocycles. The van der Waals surface area contributed by atoms with Crippen molar-refractivity contribution in [1.29, 1.82) is 0 Å².